The van der Waals surface area contributed by atoms with Crippen molar-refractivity contribution in [2.24, 2.45) is 0 Å². The normalized spacial score (nSPS) is 10.2. The molecule has 0 aliphatic heterocycles. The predicted molar refractivity (Wildman–Crippen MR) is 57.8 cm³/mol. The summed E-state index contributed by atoms with van der Waals surface area (Å²) in [6.07, 6.45) is 3.43. The Bertz CT molecular complexity index is 218. The monoisotopic (exact) mass is 246 g/mol. The molecule has 0 atom stereocenters. The van der Waals surface area contributed by atoms with E-state index in [2.05, 4.69) is 40.2 Å². The Balaban J connectivity index is 2.37. The van der Waals surface area contributed by atoms with E-state index in [-0.39, 0.29) is 0 Å². The maximum atomic E-state index is 5.59. The highest BCUT2D eigenvalue weighted by molar-refractivity contribution is 9.10. The number of benzene rings is 1. The van der Waals surface area contributed by atoms with Crippen LogP contribution in [0.5, 0.6) is 0 Å². The molecule has 0 bridgehead atoms. The number of aryl methyl sites for hydroxylation is 1. The molecular formula is C10H12BrCl. The van der Waals surface area contributed by atoms with Gasteiger partial charge in [-0.25, -0.2) is 0 Å². The lowest BCUT2D eigenvalue weighted by atomic mass is 10.1. The van der Waals surface area contributed by atoms with Crippen molar-refractivity contribution in [3.05, 3.63) is 34.3 Å². The number of rotatable bonds is 4. The summed E-state index contributed by atoms with van der Waals surface area (Å²) in [7, 11) is 0. The Labute approximate surface area is 87.1 Å². The third-order valence-corrected chi connectivity index (χ3v) is 2.56. The van der Waals surface area contributed by atoms with Crippen molar-refractivity contribution >= 4 is 27.5 Å². The molecule has 0 fully saturated rings. The summed E-state index contributed by atoms with van der Waals surface area (Å²) in [5.41, 5.74) is 1.39. The topological polar surface area (TPSA) is 0 Å². The van der Waals surface area contributed by atoms with Crippen LogP contribution >= 0.6 is 27.5 Å². The Morgan fingerprint density at radius 1 is 1.08 bits per heavy atom. The summed E-state index contributed by atoms with van der Waals surface area (Å²) in [5.74, 6) is 0.774. The predicted octanol–water partition coefficient (Wildman–Crippen LogP) is 4.01. The molecule has 66 valence electrons. The van der Waals surface area contributed by atoms with Gasteiger partial charge in [-0.3, -0.25) is 0 Å². The van der Waals surface area contributed by atoms with Gasteiger partial charge in [-0.15, -0.1) is 11.6 Å². The molecule has 12 heavy (non-hydrogen) atoms. The molecule has 0 saturated carbocycles. The summed E-state index contributed by atoms with van der Waals surface area (Å²) >= 11 is 8.99. The molecule has 1 aromatic rings. The zero-order chi connectivity index (χ0) is 8.81. The molecule has 0 radical (unpaired) electrons. The molecule has 0 aliphatic rings. The van der Waals surface area contributed by atoms with Gasteiger partial charge < -0.3 is 0 Å². The van der Waals surface area contributed by atoms with Crippen LogP contribution in [0.15, 0.2) is 28.7 Å². The van der Waals surface area contributed by atoms with Gasteiger partial charge in [-0.2, -0.15) is 0 Å². The molecule has 0 nitrogen and oxygen atoms in total. The highest BCUT2D eigenvalue weighted by Crippen LogP contribution is 2.12. The van der Waals surface area contributed by atoms with Crippen LogP contribution in [0, 0.1) is 0 Å². The summed E-state index contributed by atoms with van der Waals surface area (Å²) < 4.78 is 1.14. The minimum atomic E-state index is 0.774. The molecule has 0 heterocycles. The zero-order valence-corrected chi connectivity index (χ0v) is 9.24. The quantitative estimate of drug-likeness (QED) is 0.557. The van der Waals surface area contributed by atoms with Crippen molar-refractivity contribution in [2.75, 3.05) is 5.88 Å². The SMILES string of the molecule is ClCCCCc1ccc(Br)cc1. The molecule has 0 unspecified atom stereocenters. The third kappa shape index (κ3) is 3.59. The number of unbranched alkanes of at least 4 members (excludes halogenated alkanes) is 1. The van der Waals surface area contributed by atoms with E-state index in [0.29, 0.717) is 0 Å². The van der Waals surface area contributed by atoms with Crippen LogP contribution in [0.2, 0.25) is 0 Å². The van der Waals surface area contributed by atoms with Gasteiger partial charge in [0, 0.05) is 10.4 Å². The molecule has 0 N–H and O–H groups in total. The second kappa shape index (κ2) is 5.60. The molecular weight excluding hydrogens is 235 g/mol. The minimum Gasteiger partial charge on any atom is -0.127 e. The maximum absolute atomic E-state index is 5.59. The molecule has 0 spiro atoms. The highest BCUT2D eigenvalue weighted by Gasteiger charge is 1.92. The smallest absolute Gasteiger partial charge is 0.0223 e. The van der Waals surface area contributed by atoms with Crippen molar-refractivity contribution in [3.8, 4) is 0 Å². The van der Waals surface area contributed by atoms with Crippen LogP contribution in [0.25, 0.3) is 0 Å². The molecule has 0 aliphatic carbocycles. The number of hydrogen-bond acceptors (Lipinski definition) is 0. The number of halogens is 2. The van der Waals surface area contributed by atoms with E-state index >= 15 is 0 Å². The van der Waals surface area contributed by atoms with Gasteiger partial charge >= 0.3 is 0 Å². The Morgan fingerprint density at radius 2 is 1.75 bits per heavy atom. The summed E-state index contributed by atoms with van der Waals surface area (Å²) in [6.45, 7) is 0. The van der Waals surface area contributed by atoms with E-state index in [1.54, 1.807) is 0 Å². The highest BCUT2D eigenvalue weighted by atomic mass is 79.9. The Morgan fingerprint density at radius 3 is 2.33 bits per heavy atom. The number of hydrogen-bond donors (Lipinski definition) is 0. The van der Waals surface area contributed by atoms with Crippen molar-refractivity contribution in [3.63, 3.8) is 0 Å². The fraction of sp³-hybridized carbons (Fsp3) is 0.400. The average molecular weight is 248 g/mol. The van der Waals surface area contributed by atoms with Gasteiger partial charge in [0.1, 0.15) is 0 Å². The molecule has 2 heteroatoms. The lowest BCUT2D eigenvalue weighted by Crippen LogP contribution is -1.85. The van der Waals surface area contributed by atoms with Crippen molar-refractivity contribution < 1.29 is 0 Å². The first-order chi connectivity index (χ1) is 5.83. The Hall–Kier alpha value is -0.0100. The second-order valence-corrected chi connectivity index (χ2v) is 4.07. The molecule has 0 amide bonds. The molecule has 1 rings (SSSR count). The lowest BCUT2D eigenvalue weighted by Gasteiger charge is -1.99. The van der Waals surface area contributed by atoms with Crippen LogP contribution < -0.4 is 0 Å². The fourth-order valence-electron chi connectivity index (χ4n) is 1.07. The van der Waals surface area contributed by atoms with Crippen molar-refractivity contribution in [1.82, 2.24) is 0 Å². The van der Waals surface area contributed by atoms with E-state index in [0.717, 1.165) is 23.2 Å². The standard InChI is InChI=1S/C10H12BrCl/c11-10-6-4-9(5-7-10)3-1-2-8-12/h4-7H,1-3,8H2. The van der Waals surface area contributed by atoms with Crippen LogP contribution in [-0.2, 0) is 6.42 Å². The fourth-order valence-corrected chi connectivity index (χ4v) is 1.53. The van der Waals surface area contributed by atoms with Crippen LogP contribution in [-0.4, -0.2) is 5.88 Å². The van der Waals surface area contributed by atoms with Crippen molar-refractivity contribution in [2.45, 2.75) is 19.3 Å². The first kappa shape index (κ1) is 10.1. The Kier molecular flexibility index (Phi) is 4.70. The average Bonchev–Trinajstić information content (AvgIpc) is 2.09. The van der Waals surface area contributed by atoms with Gasteiger partial charge in [0.25, 0.3) is 0 Å². The van der Waals surface area contributed by atoms with E-state index in [1.165, 1.54) is 12.0 Å². The van der Waals surface area contributed by atoms with E-state index < -0.39 is 0 Å². The second-order valence-electron chi connectivity index (χ2n) is 2.77. The summed E-state index contributed by atoms with van der Waals surface area (Å²) in [4.78, 5) is 0. The summed E-state index contributed by atoms with van der Waals surface area (Å²) in [5, 5.41) is 0. The van der Waals surface area contributed by atoms with Gasteiger partial charge in [0.15, 0.2) is 0 Å². The summed E-state index contributed by atoms with van der Waals surface area (Å²) in [6, 6.07) is 8.46. The minimum absolute atomic E-state index is 0.774. The first-order valence-electron chi connectivity index (χ1n) is 4.13. The molecule has 0 aromatic heterocycles. The zero-order valence-electron chi connectivity index (χ0n) is 6.89. The molecule has 1 aromatic carbocycles. The van der Waals surface area contributed by atoms with Crippen LogP contribution in [0.4, 0.5) is 0 Å². The van der Waals surface area contributed by atoms with Gasteiger partial charge in [-0.05, 0) is 37.0 Å². The van der Waals surface area contributed by atoms with Gasteiger partial charge in [0.2, 0.25) is 0 Å². The third-order valence-electron chi connectivity index (χ3n) is 1.76. The van der Waals surface area contributed by atoms with Crippen LogP contribution in [0.3, 0.4) is 0 Å². The maximum Gasteiger partial charge on any atom is 0.0223 e. The molecule has 0 saturated heterocycles. The van der Waals surface area contributed by atoms with Gasteiger partial charge in [0.05, 0.1) is 0 Å². The number of alkyl halides is 1. The van der Waals surface area contributed by atoms with Crippen LogP contribution in [0.1, 0.15) is 18.4 Å². The van der Waals surface area contributed by atoms with E-state index in [1.807, 2.05) is 0 Å². The van der Waals surface area contributed by atoms with E-state index in [4.69, 9.17) is 11.6 Å². The lowest BCUT2D eigenvalue weighted by molar-refractivity contribution is 0.800. The largest absolute Gasteiger partial charge is 0.127 e. The van der Waals surface area contributed by atoms with E-state index in [9.17, 15) is 0 Å². The first-order valence-corrected chi connectivity index (χ1v) is 5.46. The van der Waals surface area contributed by atoms with Crippen molar-refractivity contribution in [1.29, 1.82) is 0 Å². The van der Waals surface area contributed by atoms with Gasteiger partial charge in [-0.1, -0.05) is 28.1 Å².